The molecule has 0 saturated heterocycles. The highest BCUT2D eigenvalue weighted by Gasteiger charge is 2.20. The van der Waals surface area contributed by atoms with Gasteiger partial charge in [-0.2, -0.15) is 0 Å². The molecule has 0 saturated carbocycles. The Bertz CT molecular complexity index is 516. The van der Waals surface area contributed by atoms with Crippen LogP contribution in [0, 0.1) is 13.8 Å². The maximum Gasteiger partial charge on any atom is 0.379 e. The van der Waals surface area contributed by atoms with Gasteiger partial charge in [0.25, 0.3) is 5.78 Å². The molecule has 0 radical (unpaired) electrons. The van der Waals surface area contributed by atoms with Gasteiger partial charge in [0.2, 0.25) is 0 Å². The van der Waals surface area contributed by atoms with Gasteiger partial charge < -0.3 is 9.84 Å². The number of ether oxygens (including phenoxy) is 1. The first-order chi connectivity index (χ1) is 8.38. The van der Waals surface area contributed by atoms with Gasteiger partial charge in [0.15, 0.2) is 0 Å². The van der Waals surface area contributed by atoms with Crippen molar-refractivity contribution in [1.82, 2.24) is 0 Å². The van der Waals surface area contributed by atoms with Crippen molar-refractivity contribution in [2.45, 2.75) is 20.8 Å². The first-order valence-electron chi connectivity index (χ1n) is 5.44. The second-order valence-corrected chi connectivity index (χ2v) is 3.82. The number of Topliss-reactive ketones (excluding diaryl/α,β-unsaturated/α-hetero) is 1. The fourth-order valence-electron chi connectivity index (χ4n) is 1.53. The molecule has 0 heterocycles. The van der Waals surface area contributed by atoms with Gasteiger partial charge in [0.05, 0.1) is 12.2 Å². The number of ketones is 1. The zero-order valence-electron chi connectivity index (χ0n) is 10.4. The topological polar surface area (TPSA) is 80.7 Å². The van der Waals surface area contributed by atoms with Crippen LogP contribution in [0.5, 0.6) is 0 Å². The monoisotopic (exact) mass is 250 g/mol. The van der Waals surface area contributed by atoms with Crippen molar-refractivity contribution in [3.8, 4) is 0 Å². The fourth-order valence-corrected chi connectivity index (χ4v) is 1.53. The predicted octanol–water partition coefficient (Wildman–Crippen LogP) is 1.75. The molecule has 0 atom stereocenters. The van der Waals surface area contributed by atoms with E-state index in [4.69, 9.17) is 5.11 Å². The molecule has 96 valence electrons. The van der Waals surface area contributed by atoms with Crippen LogP contribution in [0.1, 0.15) is 38.8 Å². The number of hydrogen-bond acceptors (Lipinski definition) is 4. The van der Waals surface area contributed by atoms with E-state index in [1.165, 1.54) is 12.1 Å². The molecule has 5 heteroatoms. The summed E-state index contributed by atoms with van der Waals surface area (Å²) in [6, 6.07) is 2.69. The van der Waals surface area contributed by atoms with Crippen molar-refractivity contribution in [3.63, 3.8) is 0 Å². The molecule has 0 aliphatic carbocycles. The van der Waals surface area contributed by atoms with E-state index in [2.05, 4.69) is 4.74 Å². The smallest absolute Gasteiger partial charge is 0.379 e. The van der Waals surface area contributed by atoms with Gasteiger partial charge in [-0.3, -0.25) is 4.79 Å². The molecule has 0 amide bonds. The molecule has 18 heavy (non-hydrogen) atoms. The van der Waals surface area contributed by atoms with E-state index >= 15 is 0 Å². The highest BCUT2D eigenvalue weighted by atomic mass is 16.5. The normalized spacial score (nSPS) is 9.94. The molecule has 0 aliphatic rings. The quantitative estimate of drug-likeness (QED) is 0.500. The number of aromatic carboxylic acids is 1. The minimum atomic E-state index is -1.13. The van der Waals surface area contributed by atoms with Gasteiger partial charge in [0.1, 0.15) is 0 Å². The number of carbonyl (C=O) groups excluding carboxylic acids is 2. The zero-order chi connectivity index (χ0) is 13.9. The molecule has 1 rings (SSSR count). The Hall–Kier alpha value is -2.17. The van der Waals surface area contributed by atoms with Crippen molar-refractivity contribution < 1.29 is 24.2 Å². The molecule has 0 aliphatic heterocycles. The van der Waals surface area contributed by atoms with Crippen molar-refractivity contribution in [1.29, 1.82) is 0 Å². The highest BCUT2D eigenvalue weighted by Crippen LogP contribution is 2.17. The van der Waals surface area contributed by atoms with Crippen LogP contribution in [-0.4, -0.2) is 29.4 Å². The standard InChI is InChI=1S/C13H14O5/c1-4-18-13(17)11(14)9-5-7(2)8(3)10(6-9)12(15)16/h5-6H,4H2,1-3H3,(H,15,16). The second kappa shape index (κ2) is 5.44. The summed E-state index contributed by atoms with van der Waals surface area (Å²) in [5.41, 5.74) is 1.27. The van der Waals surface area contributed by atoms with Crippen LogP contribution in [-0.2, 0) is 9.53 Å². The summed E-state index contributed by atoms with van der Waals surface area (Å²) in [5, 5.41) is 9.01. The summed E-state index contributed by atoms with van der Waals surface area (Å²) in [7, 11) is 0. The average Bonchev–Trinajstić information content (AvgIpc) is 2.31. The number of benzene rings is 1. The van der Waals surface area contributed by atoms with Crippen LogP contribution < -0.4 is 0 Å². The summed E-state index contributed by atoms with van der Waals surface area (Å²) in [5.74, 6) is -2.94. The molecule has 5 nitrogen and oxygen atoms in total. The Morgan fingerprint density at radius 2 is 1.83 bits per heavy atom. The Balaban J connectivity index is 3.23. The number of carbonyl (C=O) groups is 3. The largest absolute Gasteiger partial charge is 0.478 e. The van der Waals surface area contributed by atoms with Crippen LogP contribution in [0.15, 0.2) is 12.1 Å². The van der Waals surface area contributed by atoms with E-state index in [1.807, 2.05) is 0 Å². The third kappa shape index (κ3) is 2.74. The number of carboxylic acids is 1. The number of carboxylic acid groups (broad SMARTS) is 1. The molecular formula is C13H14O5. The Morgan fingerprint density at radius 3 is 2.33 bits per heavy atom. The lowest BCUT2D eigenvalue weighted by Crippen LogP contribution is -2.18. The van der Waals surface area contributed by atoms with Gasteiger partial charge in [-0.15, -0.1) is 0 Å². The van der Waals surface area contributed by atoms with E-state index in [0.29, 0.717) is 11.1 Å². The van der Waals surface area contributed by atoms with Crippen LogP contribution in [0.2, 0.25) is 0 Å². The number of esters is 1. The summed E-state index contributed by atoms with van der Waals surface area (Å²) < 4.78 is 4.59. The lowest BCUT2D eigenvalue weighted by atomic mass is 9.97. The number of rotatable bonds is 4. The first-order valence-corrected chi connectivity index (χ1v) is 5.44. The third-order valence-corrected chi connectivity index (χ3v) is 2.62. The molecular weight excluding hydrogens is 236 g/mol. The van der Waals surface area contributed by atoms with E-state index < -0.39 is 17.7 Å². The van der Waals surface area contributed by atoms with Gasteiger partial charge >= 0.3 is 11.9 Å². The van der Waals surface area contributed by atoms with E-state index in [9.17, 15) is 14.4 Å². The molecule has 0 bridgehead atoms. The minimum absolute atomic E-state index is 0.0163. The molecule has 0 fully saturated rings. The second-order valence-electron chi connectivity index (χ2n) is 3.82. The van der Waals surface area contributed by atoms with Gasteiger partial charge in [-0.1, -0.05) is 0 Å². The van der Waals surface area contributed by atoms with Gasteiger partial charge in [0, 0.05) is 5.56 Å². The molecule has 0 aromatic heterocycles. The maximum atomic E-state index is 11.7. The van der Waals surface area contributed by atoms with Crippen molar-refractivity contribution in [2.75, 3.05) is 6.61 Å². The molecule has 0 spiro atoms. The van der Waals surface area contributed by atoms with E-state index in [0.717, 1.165) is 0 Å². The van der Waals surface area contributed by atoms with Crippen molar-refractivity contribution >= 4 is 17.7 Å². The minimum Gasteiger partial charge on any atom is -0.478 e. The van der Waals surface area contributed by atoms with Gasteiger partial charge in [-0.25, -0.2) is 9.59 Å². The van der Waals surface area contributed by atoms with E-state index in [-0.39, 0.29) is 17.7 Å². The Kier molecular flexibility index (Phi) is 4.20. The molecule has 1 aromatic rings. The van der Waals surface area contributed by atoms with Gasteiger partial charge in [-0.05, 0) is 44.0 Å². The number of aryl methyl sites for hydroxylation is 1. The third-order valence-electron chi connectivity index (χ3n) is 2.62. The summed E-state index contributed by atoms with van der Waals surface area (Å²) in [6.07, 6.45) is 0. The molecule has 1 aromatic carbocycles. The van der Waals surface area contributed by atoms with E-state index in [1.54, 1.807) is 20.8 Å². The summed E-state index contributed by atoms with van der Waals surface area (Å²) in [6.45, 7) is 5.02. The molecule has 0 unspecified atom stereocenters. The number of hydrogen-bond donors (Lipinski definition) is 1. The molecule has 1 N–H and O–H groups in total. The fraction of sp³-hybridized carbons (Fsp3) is 0.308. The predicted molar refractivity (Wildman–Crippen MR) is 63.8 cm³/mol. The maximum absolute atomic E-state index is 11.7. The van der Waals surface area contributed by atoms with Crippen molar-refractivity contribution in [3.05, 3.63) is 34.4 Å². The Morgan fingerprint density at radius 1 is 1.22 bits per heavy atom. The Labute approximate surface area is 104 Å². The average molecular weight is 250 g/mol. The van der Waals surface area contributed by atoms with Crippen LogP contribution in [0.25, 0.3) is 0 Å². The van der Waals surface area contributed by atoms with Crippen LogP contribution in [0.3, 0.4) is 0 Å². The van der Waals surface area contributed by atoms with Crippen molar-refractivity contribution in [2.24, 2.45) is 0 Å². The van der Waals surface area contributed by atoms with Crippen LogP contribution >= 0.6 is 0 Å². The lowest BCUT2D eigenvalue weighted by Gasteiger charge is -2.08. The highest BCUT2D eigenvalue weighted by molar-refractivity contribution is 6.40. The lowest BCUT2D eigenvalue weighted by molar-refractivity contribution is -0.137. The summed E-state index contributed by atoms with van der Waals surface area (Å²) >= 11 is 0. The zero-order valence-corrected chi connectivity index (χ0v) is 10.4. The van der Waals surface area contributed by atoms with Crippen LogP contribution in [0.4, 0.5) is 0 Å². The SMILES string of the molecule is CCOC(=O)C(=O)c1cc(C)c(C)c(C(=O)O)c1. The first kappa shape index (κ1) is 13.9. The summed E-state index contributed by atoms with van der Waals surface area (Å²) in [4.78, 5) is 34.0.